The van der Waals surface area contributed by atoms with E-state index in [4.69, 9.17) is 14.2 Å². The van der Waals surface area contributed by atoms with Crippen LogP contribution in [0.2, 0.25) is 0 Å². The van der Waals surface area contributed by atoms with Crippen molar-refractivity contribution < 1.29 is 14.2 Å². The number of benzene rings is 1. The highest BCUT2D eigenvalue weighted by Gasteiger charge is 2.32. The van der Waals surface area contributed by atoms with Gasteiger partial charge in [0.05, 0.1) is 19.3 Å². The monoisotopic (exact) mass is 236 g/mol. The van der Waals surface area contributed by atoms with Gasteiger partial charge >= 0.3 is 0 Å². The smallest absolute Gasteiger partial charge is 0.163 e. The van der Waals surface area contributed by atoms with Gasteiger partial charge in [-0.3, -0.25) is 0 Å². The molecule has 0 aromatic heterocycles. The topological polar surface area (TPSA) is 27.7 Å². The zero-order chi connectivity index (χ0) is 12.1. The average Bonchev–Trinajstić information content (AvgIpc) is 2.66. The van der Waals surface area contributed by atoms with Crippen LogP contribution in [0.5, 0.6) is 0 Å². The normalized spacial score (nSPS) is 22.8. The summed E-state index contributed by atoms with van der Waals surface area (Å²) in [5.74, 6) is -0.426. The van der Waals surface area contributed by atoms with Crippen LogP contribution in [0.25, 0.3) is 0 Å². The second-order valence-electron chi connectivity index (χ2n) is 4.78. The summed E-state index contributed by atoms with van der Waals surface area (Å²) < 4.78 is 16.8. The molecule has 1 aromatic carbocycles. The van der Waals surface area contributed by atoms with Crippen LogP contribution in [0.15, 0.2) is 30.3 Å². The molecule has 1 atom stereocenters. The third kappa shape index (κ3) is 4.11. The summed E-state index contributed by atoms with van der Waals surface area (Å²) in [6.07, 6.45) is 1.05. The van der Waals surface area contributed by atoms with Gasteiger partial charge in [-0.05, 0) is 25.8 Å². The van der Waals surface area contributed by atoms with Gasteiger partial charge in [0.1, 0.15) is 0 Å². The van der Waals surface area contributed by atoms with Gasteiger partial charge in [0, 0.05) is 6.61 Å². The first kappa shape index (κ1) is 12.6. The highest BCUT2D eigenvalue weighted by Crippen LogP contribution is 2.23. The molecule has 0 bridgehead atoms. The lowest BCUT2D eigenvalue weighted by Gasteiger charge is -2.17. The Morgan fingerprint density at radius 1 is 1.29 bits per heavy atom. The Kier molecular flexibility index (Phi) is 4.15. The number of hydrogen-bond acceptors (Lipinski definition) is 3. The lowest BCUT2D eigenvalue weighted by molar-refractivity contribution is -0.140. The lowest BCUT2D eigenvalue weighted by atomic mass is 10.2. The maximum atomic E-state index is 5.70. The molecular weight excluding hydrogens is 216 g/mol. The zero-order valence-electron chi connectivity index (χ0n) is 10.5. The Balaban J connectivity index is 1.61. The fraction of sp³-hybridized carbons (Fsp3) is 0.571. The van der Waals surface area contributed by atoms with E-state index < -0.39 is 5.79 Å². The molecule has 0 unspecified atom stereocenters. The van der Waals surface area contributed by atoms with Crippen molar-refractivity contribution in [3.63, 3.8) is 0 Å². The van der Waals surface area contributed by atoms with E-state index in [1.54, 1.807) is 0 Å². The Bertz CT molecular complexity index is 335. The molecule has 0 saturated carbocycles. The minimum absolute atomic E-state index is 0.167. The fourth-order valence-corrected chi connectivity index (χ4v) is 1.88. The second-order valence-corrected chi connectivity index (χ2v) is 4.78. The summed E-state index contributed by atoms with van der Waals surface area (Å²) >= 11 is 0. The fourth-order valence-electron chi connectivity index (χ4n) is 1.88. The van der Waals surface area contributed by atoms with E-state index in [1.165, 1.54) is 5.56 Å². The van der Waals surface area contributed by atoms with Crippen LogP contribution >= 0.6 is 0 Å². The third-order valence-electron chi connectivity index (χ3n) is 2.76. The summed E-state index contributed by atoms with van der Waals surface area (Å²) in [6, 6.07) is 10.2. The molecule has 0 N–H and O–H groups in total. The number of hydrogen-bond donors (Lipinski definition) is 0. The van der Waals surface area contributed by atoms with Crippen LogP contribution in [0.3, 0.4) is 0 Å². The Morgan fingerprint density at radius 2 is 2.06 bits per heavy atom. The molecule has 17 heavy (non-hydrogen) atoms. The maximum absolute atomic E-state index is 5.70. The van der Waals surface area contributed by atoms with Crippen molar-refractivity contribution in [1.29, 1.82) is 0 Å². The van der Waals surface area contributed by atoms with Crippen molar-refractivity contribution >= 4 is 0 Å². The zero-order valence-corrected chi connectivity index (χ0v) is 10.5. The summed E-state index contributed by atoms with van der Waals surface area (Å²) in [4.78, 5) is 0. The van der Waals surface area contributed by atoms with Crippen molar-refractivity contribution in [2.24, 2.45) is 0 Å². The quantitative estimate of drug-likeness (QED) is 0.736. The molecule has 1 fully saturated rings. The Labute approximate surface area is 103 Å². The molecule has 1 saturated heterocycles. The van der Waals surface area contributed by atoms with Gasteiger partial charge in [-0.15, -0.1) is 0 Å². The molecule has 0 radical (unpaired) electrons. The van der Waals surface area contributed by atoms with Gasteiger partial charge in [0.15, 0.2) is 5.79 Å². The van der Waals surface area contributed by atoms with E-state index in [9.17, 15) is 0 Å². The van der Waals surface area contributed by atoms with E-state index >= 15 is 0 Å². The summed E-state index contributed by atoms with van der Waals surface area (Å²) in [5.41, 5.74) is 1.21. The van der Waals surface area contributed by atoms with Gasteiger partial charge in [0.2, 0.25) is 0 Å². The first-order valence-corrected chi connectivity index (χ1v) is 6.09. The molecule has 1 aliphatic heterocycles. The molecule has 94 valence electrons. The van der Waals surface area contributed by atoms with Crippen LogP contribution in [0.1, 0.15) is 25.8 Å². The molecule has 1 aromatic rings. The summed E-state index contributed by atoms with van der Waals surface area (Å²) in [7, 11) is 0. The van der Waals surface area contributed by atoms with Crippen molar-refractivity contribution in [3.05, 3.63) is 35.9 Å². The Hall–Kier alpha value is -0.900. The van der Waals surface area contributed by atoms with Crippen molar-refractivity contribution in [1.82, 2.24) is 0 Å². The molecule has 3 nitrogen and oxygen atoms in total. The summed E-state index contributed by atoms with van der Waals surface area (Å²) in [5, 5.41) is 0. The maximum Gasteiger partial charge on any atom is 0.163 e. The number of ether oxygens (including phenoxy) is 3. The van der Waals surface area contributed by atoms with Crippen LogP contribution < -0.4 is 0 Å². The average molecular weight is 236 g/mol. The van der Waals surface area contributed by atoms with Gasteiger partial charge in [-0.25, -0.2) is 0 Å². The van der Waals surface area contributed by atoms with Crippen molar-refractivity contribution in [3.8, 4) is 0 Å². The van der Waals surface area contributed by atoms with E-state index in [0.717, 1.165) is 6.42 Å². The Morgan fingerprint density at radius 3 is 2.71 bits per heavy atom. The molecule has 1 aliphatic rings. The number of rotatable bonds is 5. The van der Waals surface area contributed by atoms with Crippen LogP contribution in [-0.2, 0) is 20.8 Å². The molecule has 1 heterocycles. The van der Waals surface area contributed by atoms with E-state index in [-0.39, 0.29) is 6.10 Å². The lowest BCUT2D eigenvalue weighted by Crippen LogP contribution is -2.22. The first-order chi connectivity index (χ1) is 8.16. The van der Waals surface area contributed by atoms with Crippen LogP contribution in [-0.4, -0.2) is 25.1 Å². The van der Waals surface area contributed by atoms with E-state index in [1.807, 2.05) is 32.0 Å². The molecular formula is C14H20O3. The van der Waals surface area contributed by atoms with E-state index in [2.05, 4.69) is 12.1 Å². The molecule has 0 spiro atoms. The standard InChI is InChI=1S/C14H20O3/c1-14(2)16-11-13(17-14)8-9-15-10-12-6-4-3-5-7-12/h3-7,13H,8-11H2,1-2H3/t13-/m1/s1. The largest absolute Gasteiger partial charge is 0.377 e. The minimum atomic E-state index is -0.426. The molecule has 0 amide bonds. The highest BCUT2D eigenvalue weighted by molar-refractivity contribution is 5.13. The highest BCUT2D eigenvalue weighted by atomic mass is 16.7. The van der Waals surface area contributed by atoms with Crippen molar-refractivity contribution in [2.75, 3.05) is 13.2 Å². The first-order valence-electron chi connectivity index (χ1n) is 6.09. The predicted molar refractivity (Wildman–Crippen MR) is 65.6 cm³/mol. The SMILES string of the molecule is CC1(C)OC[C@@H](CCOCc2ccccc2)O1. The molecule has 0 aliphatic carbocycles. The van der Waals surface area contributed by atoms with Crippen LogP contribution in [0.4, 0.5) is 0 Å². The molecule has 3 heteroatoms. The summed E-state index contributed by atoms with van der Waals surface area (Å²) in [6.45, 7) is 5.92. The van der Waals surface area contributed by atoms with Crippen LogP contribution in [0, 0.1) is 0 Å². The van der Waals surface area contributed by atoms with Gasteiger partial charge in [-0.2, -0.15) is 0 Å². The van der Waals surface area contributed by atoms with E-state index in [0.29, 0.717) is 19.8 Å². The minimum Gasteiger partial charge on any atom is -0.377 e. The van der Waals surface area contributed by atoms with Gasteiger partial charge in [0.25, 0.3) is 0 Å². The van der Waals surface area contributed by atoms with Gasteiger partial charge in [-0.1, -0.05) is 30.3 Å². The predicted octanol–water partition coefficient (Wildman–Crippen LogP) is 2.74. The third-order valence-corrected chi connectivity index (χ3v) is 2.76. The molecule has 2 rings (SSSR count). The van der Waals surface area contributed by atoms with Gasteiger partial charge < -0.3 is 14.2 Å². The second kappa shape index (κ2) is 5.63. The van der Waals surface area contributed by atoms with Crippen molar-refractivity contribution in [2.45, 2.75) is 38.8 Å².